The quantitative estimate of drug-likeness (QED) is 0.289. The summed E-state index contributed by atoms with van der Waals surface area (Å²) in [6.07, 6.45) is -1.22. The van der Waals surface area contributed by atoms with Crippen LogP contribution in [-0.4, -0.2) is 72.4 Å². The fourth-order valence-electron chi connectivity index (χ4n) is 5.31. The number of amidine groups is 1. The van der Waals surface area contributed by atoms with Crippen LogP contribution in [0.25, 0.3) is 0 Å². The molecule has 4 rings (SSSR count). The number of hydrogen-bond donors (Lipinski definition) is 0. The molecule has 0 aromatic heterocycles. The highest BCUT2D eigenvalue weighted by molar-refractivity contribution is 5.76. The molecule has 0 saturated heterocycles. The molecule has 0 fully saturated rings. The molecule has 0 spiro atoms. The van der Waals surface area contributed by atoms with Crippen LogP contribution in [0.15, 0.2) is 65.7 Å². The van der Waals surface area contributed by atoms with Crippen molar-refractivity contribution in [1.82, 2.24) is 4.90 Å². The first-order valence-corrected chi connectivity index (χ1v) is 13.5. The molecular formula is C32H39FN2O7. The highest BCUT2D eigenvalue weighted by atomic mass is 19.1. The van der Waals surface area contributed by atoms with Gasteiger partial charge in [-0.15, -0.1) is 0 Å². The van der Waals surface area contributed by atoms with Crippen LogP contribution in [0.3, 0.4) is 0 Å². The number of aliphatic imine (C=N–C) groups is 1. The normalized spacial score (nSPS) is 19.9. The van der Waals surface area contributed by atoms with E-state index in [4.69, 9.17) is 38.2 Å². The summed E-state index contributed by atoms with van der Waals surface area (Å²) in [5.41, 5.74) is 0.981. The zero-order valence-electron chi connectivity index (χ0n) is 25.2. The lowest BCUT2D eigenvalue weighted by molar-refractivity contribution is -0.0939. The Balaban J connectivity index is 1.87. The second-order valence-electron chi connectivity index (χ2n) is 10.0. The number of hydrogen-bond acceptors (Lipinski definition) is 9. The van der Waals surface area contributed by atoms with Gasteiger partial charge >= 0.3 is 0 Å². The third-order valence-electron chi connectivity index (χ3n) is 7.46. The van der Waals surface area contributed by atoms with Gasteiger partial charge in [0.25, 0.3) is 6.02 Å². The van der Waals surface area contributed by atoms with E-state index in [1.165, 1.54) is 6.07 Å². The Morgan fingerprint density at radius 1 is 0.810 bits per heavy atom. The monoisotopic (exact) mass is 582 g/mol. The summed E-state index contributed by atoms with van der Waals surface area (Å²) in [5.74, 6) is 2.22. The van der Waals surface area contributed by atoms with Crippen molar-refractivity contribution >= 4 is 6.02 Å². The first-order valence-electron chi connectivity index (χ1n) is 13.5. The van der Waals surface area contributed by atoms with Gasteiger partial charge in [-0.3, -0.25) is 0 Å². The van der Waals surface area contributed by atoms with E-state index in [1.807, 2.05) is 48.2 Å². The summed E-state index contributed by atoms with van der Waals surface area (Å²) in [4.78, 5) is 7.03. The fraction of sp³-hybridized carbons (Fsp3) is 0.406. The Bertz CT molecular complexity index is 1330. The lowest BCUT2D eigenvalue weighted by atomic mass is 9.83. The van der Waals surface area contributed by atoms with Crippen molar-refractivity contribution in [2.45, 2.75) is 37.8 Å². The molecule has 0 bridgehead atoms. The van der Waals surface area contributed by atoms with Crippen LogP contribution >= 0.6 is 0 Å². The number of nitrogens with zero attached hydrogens (tertiary/aromatic N) is 2. The Labute approximate surface area is 246 Å². The van der Waals surface area contributed by atoms with Crippen LogP contribution in [-0.2, 0) is 32.8 Å². The molecule has 3 atom stereocenters. The predicted molar refractivity (Wildman–Crippen MR) is 157 cm³/mol. The third-order valence-corrected chi connectivity index (χ3v) is 7.46. The topological polar surface area (TPSA) is 80.2 Å². The minimum Gasteiger partial charge on any atom is -0.497 e. The highest BCUT2D eigenvalue weighted by Gasteiger charge is 2.49. The van der Waals surface area contributed by atoms with Crippen molar-refractivity contribution in [1.29, 1.82) is 0 Å². The first kappa shape index (κ1) is 30.9. The molecule has 0 N–H and O–H groups in total. The van der Waals surface area contributed by atoms with Gasteiger partial charge in [-0.05, 0) is 37.3 Å². The van der Waals surface area contributed by atoms with Crippen LogP contribution in [0.5, 0.6) is 23.0 Å². The van der Waals surface area contributed by atoms with Crippen molar-refractivity contribution in [2.75, 3.05) is 49.3 Å². The number of halogens is 1. The number of ether oxygens (including phenoxy) is 7. The fourth-order valence-corrected chi connectivity index (χ4v) is 5.31. The van der Waals surface area contributed by atoms with Gasteiger partial charge in [0.1, 0.15) is 40.5 Å². The second kappa shape index (κ2) is 13.8. The van der Waals surface area contributed by atoms with E-state index in [9.17, 15) is 0 Å². The van der Waals surface area contributed by atoms with E-state index in [2.05, 4.69) is 0 Å². The standard InChI is InChI=1S/C32H39FN2O7/c1-32(25-10-8-9-11-26(25)33)30(41-7)29(20-36-2)42-31(34-32)35(18-21-12-14-23(37-3)16-27(21)39-5)19-22-13-15-24(38-4)17-28(22)40-6/h8-17,29-30H,18-20H2,1-7H3/t29-,30+,32-/m1/s1. The number of methoxy groups -OCH3 is 6. The van der Waals surface area contributed by atoms with Crippen molar-refractivity contribution in [2.24, 2.45) is 4.99 Å². The third kappa shape index (κ3) is 6.39. The molecule has 0 unspecified atom stereocenters. The number of rotatable bonds is 12. The molecule has 9 nitrogen and oxygen atoms in total. The molecule has 10 heteroatoms. The molecule has 42 heavy (non-hydrogen) atoms. The van der Waals surface area contributed by atoms with Crippen LogP contribution in [0.2, 0.25) is 0 Å². The summed E-state index contributed by atoms with van der Waals surface area (Å²) in [7, 11) is 9.58. The van der Waals surface area contributed by atoms with Gasteiger partial charge in [0.2, 0.25) is 0 Å². The molecule has 0 amide bonds. The van der Waals surface area contributed by atoms with Gasteiger partial charge in [-0.25, -0.2) is 9.38 Å². The molecule has 1 heterocycles. The highest BCUT2D eigenvalue weighted by Crippen LogP contribution is 2.40. The minimum absolute atomic E-state index is 0.202. The molecule has 3 aromatic carbocycles. The average Bonchev–Trinajstić information content (AvgIpc) is 3.01. The lowest BCUT2D eigenvalue weighted by Crippen LogP contribution is -2.55. The van der Waals surface area contributed by atoms with Crippen molar-refractivity contribution in [3.63, 3.8) is 0 Å². The van der Waals surface area contributed by atoms with E-state index >= 15 is 4.39 Å². The Morgan fingerprint density at radius 2 is 1.38 bits per heavy atom. The number of benzene rings is 3. The summed E-state index contributed by atoms with van der Waals surface area (Å²) >= 11 is 0. The Morgan fingerprint density at radius 3 is 1.86 bits per heavy atom. The van der Waals surface area contributed by atoms with Crippen molar-refractivity contribution < 1.29 is 37.5 Å². The Kier molecular flexibility index (Phi) is 10.1. The average molecular weight is 583 g/mol. The van der Waals surface area contributed by atoms with Crippen LogP contribution < -0.4 is 18.9 Å². The SMILES string of the molecule is COC[C@H]1OC(N(Cc2ccc(OC)cc2OC)Cc2ccc(OC)cc2OC)=N[C@](C)(c2ccccc2F)[C@H]1OC. The molecule has 0 saturated carbocycles. The molecule has 1 aliphatic heterocycles. The Hall–Kier alpha value is -4.02. The van der Waals surface area contributed by atoms with E-state index in [-0.39, 0.29) is 12.4 Å². The summed E-state index contributed by atoms with van der Waals surface area (Å²) < 4.78 is 55.5. The maximum atomic E-state index is 15.3. The van der Waals surface area contributed by atoms with Gasteiger partial charge in [0.15, 0.2) is 6.10 Å². The van der Waals surface area contributed by atoms with Crippen LogP contribution in [0.1, 0.15) is 23.6 Å². The van der Waals surface area contributed by atoms with Gasteiger partial charge in [-0.2, -0.15) is 0 Å². The zero-order chi connectivity index (χ0) is 30.3. The van der Waals surface area contributed by atoms with Crippen LogP contribution in [0, 0.1) is 5.82 Å². The molecule has 0 radical (unpaired) electrons. The predicted octanol–water partition coefficient (Wildman–Crippen LogP) is 5.19. The minimum atomic E-state index is -1.14. The van der Waals surface area contributed by atoms with Crippen molar-refractivity contribution in [3.05, 3.63) is 83.2 Å². The molecule has 3 aromatic rings. The van der Waals surface area contributed by atoms with Gasteiger partial charge in [0.05, 0.1) is 48.1 Å². The van der Waals surface area contributed by atoms with E-state index in [0.29, 0.717) is 47.7 Å². The van der Waals surface area contributed by atoms with Crippen LogP contribution in [0.4, 0.5) is 4.39 Å². The smallest absolute Gasteiger partial charge is 0.289 e. The molecule has 0 aliphatic carbocycles. The van der Waals surface area contributed by atoms with Gasteiger partial charge in [0, 0.05) is 43.0 Å². The van der Waals surface area contributed by atoms with Gasteiger partial charge < -0.3 is 38.1 Å². The van der Waals surface area contributed by atoms with E-state index in [1.54, 1.807) is 60.9 Å². The summed E-state index contributed by atoms with van der Waals surface area (Å²) in [6, 6.07) is 18.1. The van der Waals surface area contributed by atoms with Gasteiger partial charge in [-0.1, -0.05) is 18.2 Å². The maximum absolute atomic E-state index is 15.3. The second-order valence-corrected chi connectivity index (χ2v) is 10.0. The molecule has 1 aliphatic rings. The zero-order valence-corrected chi connectivity index (χ0v) is 25.2. The van der Waals surface area contributed by atoms with E-state index in [0.717, 1.165) is 11.1 Å². The summed E-state index contributed by atoms with van der Waals surface area (Å²) in [5, 5.41) is 0. The summed E-state index contributed by atoms with van der Waals surface area (Å²) in [6.45, 7) is 2.73. The first-order chi connectivity index (χ1) is 20.3. The lowest BCUT2D eigenvalue weighted by Gasteiger charge is -2.44. The molecular weight excluding hydrogens is 543 g/mol. The largest absolute Gasteiger partial charge is 0.497 e. The van der Waals surface area contributed by atoms with Crippen molar-refractivity contribution in [3.8, 4) is 23.0 Å². The molecule has 226 valence electrons. The maximum Gasteiger partial charge on any atom is 0.289 e. The van der Waals surface area contributed by atoms with E-state index < -0.39 is 17.7 Å².